The summed E-state index contributed by atoms with van der Waals surface area (Å²) in [7, 11) is 0. The largest absolute Gasteiger partial charge is 0.392 e. The van der Waals surface area contributed by atoms with Crippen LogP contribution in [0.2, 0.25) is 0 Å². The minimum Gasteiger partial charge on any atom is -0.392 e. The van der Waals surface area contributed by atoms with Gasteiger partial charge in [-0.15, -0.1) is 0 Å². The standard InChI is InChI=1S/C14H23NO/c1-11(16)10-15-12(2)14(3,4)13-8-6-5-7-9-13/h5-9,11-12,15-16H,10H2,1-4H3/t11-,12?/m1/s1. The van der Waals surface area contributed by atoms with Gasteiger partial charge in [-0.3, -0.25) is 0 Å². The molecule has 90 valence electrons. The first-order chi connectivity index (χ1) is 7.44. The van der Waals surface area contributed by atoms with Crippen molar-refractivity contribution in [1.82, 2.24) is 5.32 Å². The number of hydrogen-bond acceptors (Lipinski definition) is 2. The molecule has 0 radical (unpaired) electrons. The fraction of sp³-hybridized carbons (Fsp3) is 0.571. The van der Waals surface area contributed by atoms with Crippen LogP contribution in [0.25, 0.3) is 0 Å². The molecule has 2 atom stereocenters. The van der Waals surface area contributed by atoms with Gasteiger partial charge in [0.1, 0.15) is 0 Å². The third-order valence-corrected chi connectivity index (χ3v) is 3.32. The molecule has 1 rings (SSSR count). The van der Waals surface area contributed by atoms with Crippen LogP contribution in [0.5, 0.6) is 0 Å². The number of benzene rings is 1. The van der Waals surface area contributed by atoms with E-state index < -0.39 is 0 Å². The van der Waals surface area contributed by atoms with Crippen molar-refractivity contribution in [3.05, 3.63) is 35.9 Å². The predicted octanol–water partition coefficient (Wildman–Crippen LogP) is 2.32. The number of aliphatic hydroxyl groups excluding tert-OH is 1. The Morgan fingerprint density at radius 1 is 1.19 bits per heavy atom. The fourth-order valence-electron chi connectivity index (χ4n) is 1.72. The van der Waals surface area contributed by atoms with E-state index in [1.807, 2.05) is 6.07 Å². The molecule has 0 fully saturated rings. The highest BCUT2D eigenvalue weighted by atomic mass is 16.3. The first-order valence-electron chi connectivity index (χ1n) is 5.91. The molecule has 0 amide bonds. The summed E-state index contributed by atoms with van der Waals surface area (Å²) in [4.78, 5) is 0. The number of rotatable bonds is 5. The molecule has 0 aliphatic heterocycles. The van der Waals surface area contributed by atoms with Crippen LogP contribution < -0.4 is 5.32 Å². The van der Waals surface area contributed by atoms with Crippen LogP contribution in [0.3, 0.4) is 0 Å². The van der Waals surface area contributed by atoms with Gasteiger partial charge in [-0.25, -0.2) is 0 Å². The van der Waals surface area contributed by atoms with Gasteiger partial charge in [0.05, 0.1) is 6.10 Å². The van der Waals surface area contributed by atoms with Crippen molar-refractivity contribution >= 4 is 0 Å². The second-order valence-electron chi connectivity index (χ2n) is 5.07. The Kier molecular flexibility index (Phi) is 4.51. The lowest BCUT2D eigenvalue weighted by Gasteiger charge is -2.33. The molecule has 0 bridgehead atoms. The number of hydrogen-bond donors (Lipinski definition) is 2. The molecule has 0 aromatic heterocycles. The zero-order chi connectivity index (χ0) is 12.2. The molecule has 0 saturated carbocycles. The molecule has 0 aliphatic rings. The SMILES string of the molecule is CC(NC[C@@H](C)O)C(C)(C)c1ccccc1. The summed E-state index contributed by atoms with van der Waals surface area (Å²) >= 11 is 0. The molecular formula is C14H23NO. The second kappa shape index (κ2) is 5.46. The quantitative estimate of drug-likeness (QED) is 0.800. The lowest BCUT2D eigenvalue weighted by atomic mass is 9.78. The Labute approximate surface area is 98.7 Å². The van der Waals surface area contributed by atoms with Crippen LogP contribution >= 0.6 is 0 Å². The average Bonchev–Trinajstić information content (AvgIpc) is 2.27. The second-order valence-corrected chi connectivity index (χ2v) is 5.07. The summed E-state index contributed by atoms with van der Waals surface area (Å²) in [6.45, 7) is 9.05. The van der Waals surface area contributed by atoms with Gasteiger partial charge >= 0.3 is 0 Å². The van der Waals surface area contributed by atoms with Gasteiger partial charge < -0.3 is 10.4 Å². The maximum Gasteiger partial charge on any atom is 0.0636 e. The first-order valence-corrected chi connectivity index (χ1v) is 5.91. The van der Waals surface area contributed by atoms with Gasteiger partial charge in [-0.05, 0) is 19.4 Å². The maximum absolute atomic E-state index is 9.28. The van der Waals surface area contributed by atoms with Crippen molar-refractivity contribution in [2.75, 3.05) is 6.54 Å². The molecule has 0 aliphatic carbocycles. The maximum atomic E-state index is 9.28. The van der Waals surface area contributed by atoms with E-state index in [1.54, 1.807) is 6.92 Å². The van der Waals surface area contributed by atoms with Crippen molar-refractivity contribution in [1.29, 1.82) is 0 Å². The normalized spacial score (nSPS) is 15.8. The van der Waals surface area contributed by atoms with E-state index in [0.717, 1.165) is 0 Å². The fourth-order valence-corrected chi connectivity index (χ4v) is 1.72. The Morgan fingerprint density at radius 3 is 2.25 bits per heavy atom. The summed E-state index contributed by atoms with van der Waals surface area (Å²) in [6, 6.07) is 10.8. The van der Waals surface area contributed by atoms with E-state index in [1.165, 1.54) is 5.56 Å². The van der Waals surface area contributed by atoms with Gasteiger partial charge in [0.2, 0.25) is 0 Å². The van der Waals surface area contributed by atoms with Crippen molar-refractivity contribution in [2.45, 2.75) is 45.3 Å². The molecule has 1 aromatic rings. The lowest BCUT2D eigenvalue weighted by Crippen LogP contribution is -2.44. The molecule has 16 heavy (non-hydrogen) atoms. The third kappa shape index (κ3) is 3.32. The van der Waals surface area contributed by atoms with Gasteiger partial charge in [0.15, 0.2) is 0 Å². The van der Waals surface area contributed by atoms with Crippen LogP contribution in [0.1, 0.15) is 33.3 Å². The van der Waals surface area contributed by atoms with Gasteiger partial charge in [-0.2, -0.15) is 0 Å². The van der Waals surface area contributed by atoms with Crippen LogP contribution in [0.15, 0.2) is 30.3 Å². The summed E-state index contributed by atoms with van der Waals surface area (Å²) in [5.74, 6) is 0. The van der Waals surface area contributed by atoms with Crippen LogP contribution in [-0.2, 0) is 5.41 Å². The summed E-state index contributed by atoms with van der Waals surface area (Å²) in [6.07, 6.45) is -0.297. The van der Waals surface area contributed by atoms with Crippen molar-refractivity contribution in [2.24, 2.45) is 0 Å². The number of nitrogens with one attached hydrogen (secondary N) is 1. The summed E-state index contributed by atoms with van der Waals surface area (Å²) in [5.41, 5.74) is 1.39. The van der Waals surface area contributed by atoms with Gasteiger partial charge in [0.25, 0.3) is 0 Å². The van der Waals surface area contributed by atoms with E-state index in [0.29, 0.717) is 12.6 Å². The molecule has 1 unspecified atom stereocenters. The minimum absolute atomic E-state index is 0.0656. The van der Waals surface area contributed by atoms with Crippen molar-refractivity contribution in [3.63, 3.8) is 0 Å². The van der Waals surface area contributed by atoms with E-state index in [9.17, 15) is 5.11 Å². The zero-order valence-electron chi connectivity index (χ0n) is 10.7. The summed E-state index contributed by atoms with van der Waals surface area (Å²) < 4.78 is 0. The topological polar surface area (TPSA) is 32.3 Å². The zero-order valence-corrected chi connectivity index (χ0v) is 10.7. The molecule has 1 aromatic carbocycles. The average molecular weight is 221 g/mol. The first kappa shape index (κ1) is 13.2. The Balaban J connectivity index is 2.69. The van der Waals surface area contributed by atoms with E-state index in [4.69, 9.17) is 0 Å². The monoisotopic (exact) mass is 221 g/mol. The summed E-state index contributed by atoms with van der Waals surface area (Å²) in [5, 5.41) is 12.6. The van der Waals surface area contributed by atoms with Crippen molar-refractivity contribution in [3.8, 4) is 0 Å². The molecule has 2 nitrogen and oxygen atoms in total. The van der Waals surface area contributed by atoms with Crippen molar-refractivity contribution < 1.29 is 5.11 Å². The van der Waals surface area contributed by atoms with Gasteiger partial charge in [0, 0.05) is 18.0 Å². The Hall–Kier alpha value is -0.860. The Morgan fingerprint density at radius 2 is 1.75 bits per heavy atom. The highest BCUT2D eigenvalue weighted by Gasteiger charge is 2.27. The van der Waals surface area contributed by atoms with E-state index in [2.05, 4.69) is 50.4 Å². The van der Waals surface area contributed by atoms with Crippen LogP contribution in [-0.4, -0.2) is 23.8 Å². The molecule has 2 heteroatoms. The number of aliphatic hydroxyl groups is 1. The molecule has 0 spiro atoms. The smallest absolute Gasteiger partial charge is 0.0636 e. The Bertz CT molecular complexity index is 306. The molecule has 2 N–H and O–H groups in total. The third-order valence-electron chi connectivity index (χ3n) is 3.32. The van der Waals surface area contributed by atoms with Crippen LogP contribution in [0.4, 0.5) is 0 Å². The van der Waals surface area contributed by atoms with E-state index >= 15 is 0 Å². The minimum atomic E-state index is -0.297. The molecule has 0 saturated heterocycles. The highest BCUT2D eigenvalue weighted by molar-refractivity contribution is 5.25. The lowest BCUT2D eigenvalue weighted by molar-refractivity contribution is 0.180. The predicted molar refractivity (Wildman–Crippen MR) is 68.6 cm³/mol. The molecule has 0 heterocycles. The van der Waals surface area contributed by atoms with Gasteiger partial charge in [-0.1, -0.05) is 44.2 Å². The molecular weight excluding hydrogens is 198 g/mol. The van der Waals surface area contributed by atoms with Crippen LogP contribution in [0, 0.1) is 0 Å². The highest BCUT2D eigenvalue weighted by Crippen LogP contribution is 2.26. The van der Waals surface area contributed by atoms with E-state index in [-0.39, 0.29) is 11.5 Å².